The molecule has 0 aliphatic carbocycles. The molecule has 0 radical (unpaired) electrons. The van der Waals surface area contributed by atoms with E-state index in [-0.39, 0.29) is 17.4 Å². The first-order chi connectivity index (χ1) is 21.9. The van der Waals surface area contributed by atoms with Gasteiger partial charge in [0.2, 0.25) is 5.91 Å². The summed E-state index contributed by atoms with van der Waals surface area (Å²) in [6.07, 6.45) is 1.49. The Morgan fingerprint density at radius 3 is 1.96 bits per heavy atom. The quantitative estimate of drug-likeness (QED) is 0.117. The van der Waals surface area contributed by atoms with Crippen LogP contribution in [-0.4, -0.2) is 23.5 Å². The molecule has 45 heavy (non-hydrogen) atoms. The summed E-state index contributed by atoms with van der Waals surface area (Å²) in [6.45, 7) is 0. The molecular formula is C36H27Cl2N3O3S. The maximum Gasteiger partial charge on any atom is 0.272 e. The minimum atomic E-state index is -0.553. The van der Waals surface area contributed by atoms with E-state index in [2.05, 4.69) is 10.6 Å². The van der Waals surface area contributed by atoms with E-state index in [1.54, 1.807) is 71.6 Å². The van der Waals surface area contributed by atoms with Crippen molar-refractivity contribution >= 4 is 75.8 Å². The highest BCUT2D eigenvalue weighted by Gasteiger charge is 2.19. The molecule has 0 aromatic heterocycles. The van der Waals surface area contributed by atoms with E-state index in [1.807, 2.05) is 66.7 Å². The fourth-order valence-electron chi connectivity index (χ4n) is 4.38. The smallest absolute Gasteiger partial charge is 0.272 e. The van der Waals surface area contributed by atoms with E-state index >= 15 is 0 Å². The van der Waals surface area contributed by atoms with Crippen LogP contribution in [0.4, 0.5) is 17.1 Å². The lowest BCUT2D eigenvalue weighted by atomic mass is 10.1. The van der Waals surface area contributed by atoms with Crippen LogP contribution in [0.2, 0.25) is 10.0 Å². The first-order valence-electron chi connectivity index (χ1n) is 13.9. The fourth-order valence-corrected chi connectivity index (χ4v) is 5.65. The van der Waals surface area contributed by atoms with Crippen molar-refractivity contribution in [1.29, 1.82) is 0 Å². The van der Waals surface area contributed by atoms with E-state index in [0.717, 1.165) is 16.3 Å². The lowest BCUT2D eigenvalue weighted by Gasteiger charge is -2.23. The van der Waals surface area contributed by atoms with E-state index in [9.17, 15) is 14.4 Å². The normalized spacial score (nSPS) is 11.0. The van der Waals surface area contributed by atoms with Gasteiger partial charge in [-0.3, -0.25) is 19.3 Å². The van der Waals surface area contributed by atoms with Crippen molar-refractivity contribution in [3.05, 3.63) is 160 Å². The monoisotopic (exact) mass is 651 g/mol. The van der Waals surface area contributed by atoms with Gasteiger partial charge in [-0.2, -0.15) is 0 Å². The van der Waals surface area contributed by atoms with Gasteiger partial charge in [0, 0.05) is 37.6 Å². The van der Waals surface area contributed by atoms with E-state index in [4.69, 9.17) is 23.2 Å². The van der Waals surface area contributed by atoms with Crippen molar-refractivity contribution in [2.24, 2.45) is 0 Å². The number of halogens is 2. The molecule has 0 unspecified atom stereocenters. The minimum absolute atomic E-state index is 0.0114. The predicted molar refractivity (Wildman–Crippen MR) is 184 cm³/mol. The third-order valence-corrected chi connectivity index (χ3v) is 8.06. The number of hydrogen-bond donors (Lipinski definition) is 2. The Hall–Kier alpha value is -4.82. The van der Waals surface area contributed by atoms with E-state index < -0.39 is 11.8 Å². The van der Waals surface area contributed by atoms with Gasteiger partial charge >= 0.3 is 0 Å². The van der Waals surface area contributed by atoms with Gasteiger partial charge in [-0.25, -0.2) is 0 Å². The molecule has 0 bridgehead atoms. The number of nitrogens with one attached hydrogen (secondary N) is 2. The number of hydrogen-bond acceptors (Lipinski definition) is 4. The van der Waals surface area contributed by atoms with Gasteiger partial charge in [0.15, 0.2) is 0 Å². The van der Waals surface area contributed by atoms with Crippen LogP contribution in [0.15, 0.2) is 144 Å². The Bertz CT molecular complexity index is 1800. The molecule has 5 aromatic carbocycles. The van der Waals surface area contributed by atoms with Crippen molar-refractivity contribution in [1.82, 2.24) is 5.32 Å². The molecule has 0 atom stereocenters. The van der Waals surface area contributed by atoms with Gasteiger partial charge < -0.3 is 10.6 Å². The van der Waals surface area contributed by atoms with Crippen LogP contribution in [0.3, 0.4) is 0 Å². The number of rotatable bonds is 10. The first-order valence-corrected chi connectivity index (χ1v) is 15.6. The second-order valence-electron chi connectivity index (χ2n) is 9.71. The molecule has 6 nitrogen and oxygen atoms in total. The molecule has 0 aliphatic rings. The summed E-state index contributed by atoms with van der Waals surface area (Å²) in [5.41, 5.74) is 2.91. The summed E-state index contributed by atoms with van der Waals surface area (Å²) in [7, 11) is 0. The Labute approximate surface area is 275 Å². The van der Waals surface area contributed by atoms with Gasteiger partial charge in [-0.05, 0) is 78.4 Å². The number of thioether (sulfide) groups is 1. The standard InChI is InChI=1S/C36H27Cl2N3O3S/c37-27-20-19-26(32(38)22-27)21-33(40-35(43)25-11-4-1-5-12-25)36(44)39-28-13-10-18-31(23-28)45-24-34(42)41(29-14-6-2-7-15-29)30-16-8-3-9-17-30/h1-23H,24H2,(H,39,44)(H,40,43)/b33-21-. The van der Waals surface area contributed by atoms with Crippen molar-refractivity contribution in [2.75, 3.05) is 16.0 Å². The largest absolute Gasteiger partial charge is 0.321 e. The number of amides is 3. The van der Waals surface area contributed by atoms with Gasteiger partial charge in [0.1, 0.15) is 5.70 Å². The van der Waals surface area contributed by atoms with Crippen LogP contribution < -0.4 is 15.5 Å². The van der Waals surface area contributed by atoms with Gasteiger partial charge in [-0.15, -0.1) is 11.8 Å². The summed E-state index contributed by atoms with van der Waals surface area (Å²) >= 11 is 13.8. The zero-order valence-corrected chi connectivity index (χ0v) is 26.2. The second-order valence-corrected chi connectivity index (χ2v) is 11.6. The van der Waals surface area contributed by atoms with Crippen molar-refractivity contribution in [2.45, 2.75) is 4.90 Å². The highest BCUT2D eigenvalue weighted by Crippen LogP contribution is 2.29. The predicted octanol–water partition coefficient (Wildman–Crippen LogP) is 8.86. The van der Waals surface area contributed by atoms with Gasteiger partial charge in [-0.1, -0.05) is 89.9 Å². The average Bonchev–Trinajstić information content (AvgIpc) is 3.06. The lowest BCUT2D eigenvalue weighted by Crippen LogP contribution is -2.30. The van der Waals surface area contributed by atoms with Crippen molar-refractivity contribution in [3.8, 4) is 0 Å². The van der Waals surface area contributed by atoms with Crippen LogP contribution in [-0.2, 0) is 9.59 Å². The zero-order valence-electron chi connectivity index (χ0n) is 23.8. The van der Waals surface area contributed by atoms with Gasteiger partial charge in [0.05, 0.1) is 5.75 Å². The molecule has 0 saturated carbocycles. The van der Waals surface area contributed by atoms with Crippen LogP contribution >= 0.6 is 35.0 Å². The second kappa shape index (κ2) is 15.3. The SMILES string of the molecule is O=C(Nc1cccc(SCC(=O)N(c2ccccc2)c2ccccc2)c1)/C(=C/c1ccc(Cl)cc1Cl)NC(=O)c1ccccc1. The molecule has 0 heterocycles. The lowest BCUT2D eigenvalue weighted by molar-refractivity contribution is -0.115. The topological polar surface area (TPSA) is 78.5 Å². The number of anilines is 3. The molecule has 3 amide bonds. The van der Waals surface area contributed by atoms with E-state index in [1.165, 1.54) is 17.8 Å². The van der Waals surface area contributed by atoms with Crippen molar-refractivity contribution in [3.63, 3.8) is 0 Å². The third-order valence-electron chi connectivity index (χ3n) is 6.52. The number of carbonyl (C=O) groups is 3. The number of para-hydroxylation sites is 2. The summed E-state index contributed by atoms with van der Waals surface area (Å²) in [5, 5.41) is 6.33. The van der Waals surface area contributed by atoms with Gasteiger partial charge in [0.25, 0.3) is 11.8 Å². The molecule has 5 aromatic rings. The molecule has 9 heteroatoms. The Balaban J connectivity index is 1.33. The molecular weight excluding hydrogens is 625 g/mol. The summed E-state index contributed by atoms with van der Waals surface area (Å²) < 4.78 is 0. The zero-order chi connectivity index (χ0) is 31.6. The summed E-state index contributed by atoms with van der Waals surface area (Å²) in [5.74, 6) is -0.941. The average molecular weight is 653 g/mol. The molecule has 0 aliphatic heterocycles. The Morgan fingerprint density at radius 2 is 1.33 bits per heavy atom. The fraction of sp³-hybridized carbons (Fsp3) is 0.0278. The van der Waals surface area contributed by atoms with Crippen LogP contribution in [0.1, 0.15) is 15.9 Å². The Kier molecular flexibility index (Phi) is 10.7. The minimum Gasteiger partial charge on any atom is -0.321 e. The maximum absolute atomic E-state index is 13.5. The number of nitrogens with zero attached hydrogens (tertiary/aromatic N) is 1. The van der Waals surface area contributed by atoms with Crippen LogP contribution in [0.25, 0.3) is 6.08 Å². The number of carbonyl (C=O) groups excluding carboxylic acids is 3. The molecule has 224 valence electrons. The molecule has 0 fully saturated rings. The van der Waals surface area contributed by atoms with Crippen molar-refractivity contribution < 1.29 is 14.4 Å². The Morgan fingerprint density at radius 1 is 0.711 bits per heavy atom. The summed E-state index contributed by atoms with van der Waals surface area (Å²) in [6, 6.07) is 39.6. The van der Waals surface area contributed by atoms with Crippen LogP contribution in [0.5, 0.6) is 0 Å². The first kappa shape index (κ1) is 31.6. The molecule has 5 rings (SSSR count). The maximum atomic E-state index is 13.5. The number of benzene rings is 5. The van der Waals surface area contributed by atoms with E-state index in [0.29, 0.717) is 26.9 Å². The van der Waals surface area contributed by atoms with Crippen LogP contribution in [0, 0.1) is 0 Å². The molecule has 0 spiro atoms. The third kappa shape index (κ3) is 8.64. The summed E-state index contributed by atoms with van der Waals surface area (Å²) in [4.78, 5) is 42.4. The highest BCUT2D eigenvalue weighted by molar-refractivity contribution is 8.00. The molecule has 2 N–H and O–H groups in total. The highest BCUT2D eigenvalue weighted by atomic mass is 35.5. The molecule has 0 saturated heterocycles.